The highest BCUT2D eigenvalue weighted by Gasteiger charge is 2.49. The second kappa shape index (κ2) is 11.5. The van der Waals surface area contributed by atoms with Gasteiger partial charge in [-0.25, -0.2) is 9.59 Å². The summed E-state index contributed by atoms with van der Waals surface area (Å²) in [5.41, 5.74) is 8.31. The van der Waals surface area contributed by atoms with Crippen molar-refractivity contribution in [2.45, 2.75) is 55.4 Å². The molecular formula is C17H27N5O12. The van der Waals surface area contributed by atoms with Crippen molar-refractivity contribution < 1.29 is 49.7 Å². The molecule has 0 radical (unpaired) electrons. The van der Waals surface area contributed by atoms with Crippen LogP contribution in [0.1, 0.15) is 11.8 Å². The van der Waals surface area contributed by atoms with E-state index < -0.39 is 91.9 Å². The van der Waals surface area contributed by atoms with Crippen molar-refractivity contribution >= 4 is 12.1 Å². The summed E-state index contributed by atoms with van der Waals surface area (Å²) in [7, 11) is 0. The zero-order valence-electron chi connectivity index (χ0n) is 17.6. The highest BCUT2D eigenvalue weighted by Crippen LogP contribution is 2.30. The normalized spacial score (nSPS) is 25.9. The Labute approximate surface area is 190 Å². The largest absolute Gasteiger partial charge is 0.480 e. The fourth-order valence-corrected chi connectivity index (χ4v) is 3.30. The van der Waals surface area contributed by atoms with Crippen LogP contribution < -0.4 is 28.0 Å². The van der Waals surface area contributed by atoms with Crippen molar-refractivity contribution in [1.82, 2.24) is 14.9 Å². The van der Waals surface area contributed by atoms with Gasteiger partial charge in [-0.15, -0.1) is 0 Å². The van der Waals surface area contributed by atoms with Crippen LogP contribution in [0.4, 0.5) is 4.79 Å². The standard InChI is InChI=1S/C17H27N5O12/c18-6(9(25)7(24)4-33-16(19)31)1-20-8(15(29)30)12-10(26)11(27)14(34-12)22-2-5(3-23)13(28)21-17(22)32/h2,6-12,14,20,23-27H,1,3-4,18H2,(H2,19,31)(H,29,30)(H,21,28,32)/t6-,7+,8+,9+,10+,11-,12-,14-/m1/s1. The molecule has 17 nitrogen and oxygen atoms in total. The SMILES string of the molecule is NC(=O)OC[C@H](O)[C@@H](O)[C@H](N)CN[C@H](C(=O)O)[C@H]1O[C@@H](n2cc(CO)c(=O)[nH]c2=O)[C@H](O)[C@@H]1O. The Hall–Kier alpha value is -2.90. The molecular weight excluding hydrogens is 466 g/mol. The van der Waals surface area contributed by atoms with E-state index in [0.29, 0.717) is 4.57 Å². The lowest BCUT2D eigenvalue weighted by atomic mass is 10.0. The number of aliphatic hydroxyl groups excluding tert-OH is 5. The van der Waals surface area contributed by atoms with E-state index in [1.54, 1.807) is 0 Å². The topological polar surface area (TPSA) is 293 Å². The molecule has 1 aliphatic rings. The van der Waals surface area contributed by atoms with Gasteiger partial charge in [0.1, 0.15) is 37.1 Å². The maximum atomic E-state index is 12.1. The van der Waals surface area contributed by atoms with Crippen LogP contribution in [0.5, 0.6) is 0 Å². The molecule has 1 saturated heterocycles. The summed E-state index contributed by atoms with van der Waals surface area (Å²) in [5, 5.41) is 61.7. The average molecular weight is 493 g/mol. The second-order valence-electron chi connectivity index (χ2n) is 7.53. The molecule has 0 spiro atoms. The van der Waals surface area contributed by atoms with Gasteiger partial charge in [-0.1, -0.05) is 0 Å². The van der Waals surface area contributed by atoms with Crippen LogP contribution in [0.25, 0.3) is 0 Å². The molecule has 12 N–H and O–H groups in total. The molecule has 34 heavy (non-hydrogen) atoms. The van der Waals surface area contributed by atoms with E-state index >= 15 is 0 Å². The monoisotopic (exact) mass is 493 g/mol. The van der Waals surface area contributed by atoms with Crippen LogP contribution in [0.2, 0.25) is 0 Å². The number of nitrogens with two attached hydrogens (primary N) is 2. The van der Waals surface area contributed by atoms with Crippen LogP contribution in [0.3, 0.4) is 0 Å². The number of nitrogens with zero attached hydrogens (tertiary/aromatic N) is 1. The van der Waals surface area contributed by atoms with E-state index in [4.69, 9.17) is 16.2 Å². The number of aromatic nitrogens is 2. The van der Waals surface area contributed by atoms with Gasteiger partial charge in [-0.3, -0.25) is 19.1 Å². The Bertz CT molecular complexity index is 982. The fourth-order valence-electron chi connectivity index (χ4n) is 3.30. The summed E-state index contributed by atoms with van der Waals surface area (Å²) >= 11 is 0. The first-order valence-electron chi connectivity index (χ1n) is 9.85. The Balaban J connectivity index is 2.14. The van der Waals surface area contributed by atoms with Crippen molar-refractivity contribution in [3.05, 3.63) is 32.6 Å². The van der Waals surface area contributed by atoms with E-state index in [-0.39, 0.29) is 5.56 Å². The van der Waals surface area contributed by atoms with Gasteiger partial charge in [0.25, 0.3) is 5.56 Å². The van der Waals surface area contributed by atoms with Gasteiger partial charge < -0.3 is 56.9 Å². The smallest absolute Gasteiger partial charge is 0.404 e. The third kappa shape index (κ3) is 6.15. The Morgan fingerprint density at radius 2 is 1.91 bits per heavy atom. The summed E-state index contributed by atoms with van der Waals surface area (Å²) in [6, 6.07) is -3.01. The van der Waals surface area contributed by atoms with Crippen molar-refractivity contribution in [2.24, 2.45) is 11.5 Å². The highest BCUT2D eigenvalue weighted by atomic mass is 16.6. The van der Waals surface area contributed by atoms with Crippen LogP contribution in [0, 0.1) is 0 Å². The van der Waals surface area contributed by atoms with Crippen LogP contribution >= 0.6 is 0 Å². The molecule has 0 saturated carbocycles. The summed E-state index contributed by atoms with van der Waals surface area (Å²) in [4.78, 5) is 48.0. The molecule has 1 aliphatic heterocycles. The number of aliphatic carboxylic acids is 1. The van der Waals surface area contributed by atoms with Crippen LogP contribution in [0.15, 0.2) is 15.8 Å². The molecule has 2 rings (SSSR count). The third-order valence-corrected chi connectivity index (χ3v) is 5.16. The van der Waals surface area contributed by atoms with Crippen LogP contribution in [-0.4, -0.2) is 108 Å². The zero-order chi connectivity index (χ0) is 25.7. The number of primary amides is 1. The number of carbonyl (C=O) groups is 2. The molecule has 1 amide bonds. The molecule has 0 aromatic carbocycles. The quantitative estimate of drug-likeness (QED) is 0.137. The van der Waals surface area contributed by atoms with Gasteiger partial charge in [-0.05, 0) is 0 Å². The first-order valence-corrected chi connectivity index (χ1v) is 9.85. The van der Waals surface area contributed by atoms with E-state index in [2.05, 4.69) is 10.1 Å². The minimum atomic E-state index is -1.83. The number of hydrogen-bond acceptors (Lipinski definition) is 13. The molecule has 17 heteroatoms. The molecule has 1 fully saturated rings. The fraction of sp³-hybridized carbons (Fsp3) is 0.647. The van der Waals surface area contributed by atoms with Gasteiger partial charge >= 0.3 is 17.8 Å². The Kier molecular flexibility index (Phi) is 9.24. The van der Waals surface area contributed by atoms with Gasteiger partial charge in [0.05, 0.1) is 18.3 Å². The van der Waals surface area contributed by atoms with Gasteiger partial charge in [0.15, 0.2) is 6.23 Å². The predicted octanol–water partition coefficient (Wildman–Crippen LogP) is -6.16. The van der Waals surface area contributed by atoms with Crippen molar-refractivity contribution in [2.75, 3.05) is 13.2 Å². The molecule has 0 bridgehead atoms. The molecule has 192 valence electrons. The van der Waals surface area contributed by atoms with Crippen molar-refractivity contribution in [3.63, 3.8) is 0 Å². The number of aromatic amines is 1. The lowest BCUT2D eigenvalue weighted by Crippen LogP contribution is -2.57. The number of nitrogens with one attached hydrogen (secondary N) is 2. The lowest BCUT2D eigenvalue weighted by molar-refractivity contribution is -0.146. The van der Waals surface area contributed by atoms with Gasteiger partial charge in [0.2, 0.25) is 0 Å². The zero-order valence-corrected chi connectivity index (χ0v) is 17.6. The lowest BCUT2D eigenvalue weighted by Gasteiger charge is -2.27. The maximum absolute atomic E-state index is 12.1. The molecule has 0 aliphatic carbocycles. The number of aliphatic hydroxyl groups is 5. The average Bonchev–Trinajstić information content (AvgIpc) is 3.05. The van der Waals surface area contributed by atoms with Gasteiger partial charge in [0, 0.05) is 18.8 Å². The van der Waals surface area contributed by atoms with Crippen molar-refractivity contribution in [1.29, 1.82) is 0 Å². The predicted molar refractivity (Wildman–Crippen MR) is 108 cm³/mol. The minimum absolute atomic E-state index is 0.250. The Morgan fingerprint density at radius 1 is 1.26 bits per heavy atom. The highest BCUT2D eigenvalue weighted by molar-refractivity contribution is 5.74. The number of carbonyl (C=O) groups excluding carboxylic acids is 1. The summed E-state index contributed by atoms with van der Waals surface area (Å²) in [6.45, 7) is -1.87. The summed E-state index contributed by atoms with van der Waals surface area (Å²) < 4.78 is 10.4. The first kappa shape index (κ1) is 27.3. The number of hydrogen-bond donors (Lipinski definition) is 10. The molecule has 1 aromatic heterocycles. The number of amides is 1. The first-order chi connectivity index (χ1) is 15.9. The molecule has 8 atom stereocenters. The number of carboxylic acids is 1. The molecule has 1 aromatic rings. The maximum Gasteiger partial charge on any atom is 0.404 e. The molecule has 0 unspecified atom stereocenters. The van der Waals surface area contributed by atoms with E-state index in [9.17, 15) is 49.8 Å². The van der Waals surface area contributed by atoms with E-state index in [1.807, 2.05) is 4.98 Å². The van der Waals surface area contributed by atoms with Crippen molar-refractivity contribution in [3.8, 4) is 0 Å². The third-order valence-electron chi connectivity index (χ3n) is 5.16. The van der Waals surface area contributed by atoms with E-state index in [1.165, 1.54) is 0 Å². The summed E-state index contributed by atoms with van der Waals surface area (Å²) in [6.07, 6.45) is -10.5. The number of rotatable bonds is 11. The number of ether oxygens (including phenoxy) is 2. The minimum Gasteiger partial charge on any atom is -0.480 e. The number of carboxylic acid groups (broad SMARTS) is 1. The van der Waals surface area contributed by atoms with Crippen LogP contribution in [-0.2, 0) is 20.9 Å². The molecule has 2 heterocycles. The summed E-state index contributed by atoms with van der Waals surface area (Å²) in [5.74, 6) is -1.55. The number of H-pyrrole nitrogens is 1. The van der Waals surface area contributed by atoms with Gasteiger partial charge in [-0.2, -0.15) is 0 Å². The second-order valence-corrected chi connectivity index (χ2v) is 7.53. The van der Waals surface area contributed by atoms with E-state index in [0.717, 1.165) is 6.20 Å². The Morgan fingerprint density at radius 3 is 2.47 bits per heavy atom.